The van der Waals surface area contributed by atoms with E-state index in [0.717, 1.165) is 4.68 Å². The Bertz CT molecular complexity index is 1760. The van der Waals surface area contributed by atoms with Gasteiger partial charge in [-0.1, -0.05) is 24.3 Å². The Morgan fingerprint density at radius 1 is 1.02 bits per heavy atom. The van der Waals surface area contributed by atoms with Gasteiger partial charge in [-0.15, -0.1) is 0 Å². The summed E-state index contributed by atoms with van der Waals surface area (Å²) in [6.45, 7) is 3.28. The van der Waals surface area contributed by atoms with E-state index in [9.17, 15) is 27.2 Å². The Hall–Kier alpha value is -4.58. The molecule has 1 aliphatic carbocycles. The van der Waals surface area contributed by atoms with Crippen LogP contribution in [0.1, 0.15) is 63.0 Å². The molecule has 0 saturated carbocycles. The number of fused-ring (bicyclic) bond motifs is 1. The fourth-order valence-corrected chi connectivity index (χ4v) is 6.50. The molecule has 0 bridgehead atoms. The van der Waals surface area contributed by atoms with Crippen LogP contribution in [-0.2, 0) is 41.5 Å². The number of benzene rings is 2. The number of nitrogens with zero attached hydrogens (tertiary/aromatic N) is 4. The van der Waals surface area contributed by atoms with E-state index in [1.54, 1.807) is 42.3 Å². The molecule has 2 aromatic carbocycles. The summed E-state index contributed by atoms with van der Waals surface area (Å²) >= 11 is 0. The van der Waals surface area contributed by atoms with E-state index in [1.807, 2.05) is 18.2 Å². The molecule has 1 N–H and O–H groups in total. The number of pyridine rings is 1. The second-order valence-corrected chi connectivity index (χ2v) is 12.0. The summed E-state index contributed by atoms with van der Waals surface area (Å²) in [5, 5.41) is 6.81. The molecule has 2 aliphatic rings. The lowest BCUT2D eigenvalue weighted by molar-refractivity contribution is -0.142. The van der Waals surface area contributed by atoms with E-state index >= 15 is 0 Å². The maximum Gasteiger partial charge on any atom is 0.435 e. The number of hydrogen-bond acceptors (Lipinski definition) is 5. The molecular weight excluding hydrogens is 614 g/mol. The number of hydrogen-bond donors (Lipinski definition) is 1. The normalized spacial score (nSPS) is 15.6. The first-order valence-corrected chi connectivity index (χ1v) is 15.7. The number of halogens is 4. The first kappa shape index (κ1) is 32.4. The van der Waals surface area contributed by atoms with Crippen molar-refractivity contribution in [2.75, 3.05) is 26.3 Å². The summed E-state index contributed by atoms with van der Waals surface area (Å²) in [4.78, 5) is 33.3. The van der Waals surface area contributed by atoms with Crippen molar-refractivity contribution in [3.8, 4) is 11.1 Å². The van der Waals surface area contributed by atoms with E-state index < -0.39 is 36.2 Å². The second kappa shape index (κ2) is 13.6. The minimum absolute atomic E-state index is 0.124. The van der Waals surface area contributed by atoms with Crippen LogP contribution < -0.4 is 5.32 Å². The molecule has 1 fully saturated rings. The van der Waals surface area contributed by atoms with Crippen molar-refractivity contribution >= 4 is 11.8 Å². The lowest BCUT2D eigenvalue weighted by atomic mass is 9.94. The van der Waals surface area contributed by atoms with Crippen molar-refractivity contribution in [2.24, 2.45) is 0 Å². The van der Waals surface area contributed by atoms with Crippen LogP contribution in [0, 0.1) is 12.7 Å². The van der Waals surface area contributed by atoms with Crippen LogP contribution in [-0.4, -0.2) is 57.8 Å². The molecule has 1 atom stereocenters. The monoisotopic (exact) mass is 649 g/mol. The highest BCUT2D eigenvalue weighted by molar-refractivity contribution is 5.95. The predicted molar refractivity (Wildman–Crippen MR) is 166 cm³/mol. The van der Waals surface area contributed by atoms with Crippen LogP contribution >= 0.6 is 0 Å². The van der Waals surface area contributed by atoms with E-state index in [-0.39, 0.29) is 24.3 Å². The zero-order valence-corrected chi connectivity index (χ0v) is 25.9. The predicted octanol–water partition coefficient (Wildman–Crippen LogP) is 5.86. The quantitative estimate of drug-likeness (QED) is 0.242. The average molecular weight is 650 g/mol. The first-order valence-electron chi connectivity index (χ1n) is 15.7. The largest absolute Gasteiger partial charge is 0.435 e. The molecule has 3 heterocycles. The number of nitrogens with one attached hydrogen (secondary N) is 1. The Morgan fingerprint density at radius 3 is 2.57 bits per heavy atom. The number of morpholine rings is 1. The molecule has 0 unspecified atom stereocenters. The van der Waals surface area contributed by atoms with Gasteiger partial charge >= 0.3 is 6.18 Å². The van der Waals surface area contributed by atoms with Crippen LogP contribution in [0.2, 0.25) is 0 Å². The number of carbonyl (C=O) groups is 2. The highest BCUT2D eigenvalue weighted by Crippen LogP contribution is 2.36. The Labute approximate surface area is 269 Å². The lowest BCUT2D eigenvalue weighted by Crippen LogP contribution is -2.40. The maximum atomic E-state index is 14.5. The molecule has 47 heavy (non-hydrogen) atoms. The highest BCUT2D eigenvalue weighted by Gasteiger charge is 2.39. The SMILES string of the molecule is Cc1cc(F)cc(C[C@H](NC(=O)Cn2nc(C(F)(F)F)c3c2CCCC3)c2ncccc2-c2cccc(C(=O)N3CCOCC3)c2)c1. The Balaban J connectivity index is 1.33. The number of aromatic nitrogens is 3. The molecule has 8 nitrogen and oxygen atoms in total. The zero-order valence-electron chi connectivity index (χ0n) is 25.9. The third-order valence-corrected chi connectivity index (χ3v) is 8.58. The van der Waals surface area contributed by atoms with Crippen molar-refractivity contribution in [3.05, 3.63) is 106 Å². The topological polar surface area (TPSA) is 89.3 Å². The molecular formula is C35H35F4N5O3. The molecule has 6 rings (SSSR count). The van der Waals surface area contributed by atoms with Crippen molar-refractivity contribution in [2.45, 2.75) is 57.8 Å². The number of alkyl halides is 3. The number of amides is 2. The van der Waals surface area contributed by atoms with Gasteiger partial charge in [0.15, 0.2) is 5.69 Å². The van der Waals surface area contributed by atoms with Crippen LogP contribution in [0.5, 0.6) is 0 Å². The zero-order chi connectivity index (χ0) is 33.1. The summed E-state index contributed by atoms with van der Waals surface area (Å²) in [6.07, 6.45) is -0.877. The van der Waals surface area contributed by atoms with E-state index in [0.29, 0.717) is 84.8 Å². The minimum atomic E-state index is -4.62. The van der Waals surface area contributed by atoms with Crippen molar-refractivity contribution in [1.29, 1.82) is 0 Å². The summed E-state index contributed by atoms with van der Waals surface area (Å²) in [6, 6.07) is 14.5. The molecule has 1 saturated heterocycles. The van der Waals surface area contributed by atoms with Gasteiger partial charge in [0.25, 0.3) is 5.91 Å². The second-order valence-electron chi connectivity index (χ2n) is 12.0. The van der Waals surface area contributed by atoms with E-state index in [4.69, 9.17) is 4.74 Å². The fraction of sp³-hybridized carbons (Fsp3) is 0.371. The summed E-state index contributed by atoms with van der Waals surface area (Å²) < 4.78 is 62.4. The number of carbonyl (C=O) groups excluding carboxylic acids is 2. The molecule has 2 amide bonds. The Morgan fingerprint density at radius 2 is 1.81 bits per heavy atom. The van der Waals surface area contributed by atoms with Crippen LogP contribution in [0.4, 0.5) is 17.6 Å². The van der Waals surface area contributed by atoms with Gasteiger partial charge in [-0.25, -0.2) is 4.39 Å². The van der Waals surface area contributed by atoms with Gasteiger partial charge < -0.3 is 15.0 Å². The molecule has 0 spiro atoms. The van der Waals surface area contributed by atoms with Gasteiger partial charge in [0.2, 0.25) is 5.91 Å². The van der Waals surface area contributed by atoms with E-state index in [2.05, 4.69) is 15.4 Å². The minimum Gasteiger partial charge on any atom is -0.378 e. The number of aryl methyl sites for hydroxylation is 1. The molecule has 0 radical (unpaired) electrons. The third-order valence-electron chi connectivity index (χ3n) is 8.58. The van der Waals surface area contributed by atoms with Crippen molar-refractivity contribution in [3.63, 3.8) is 0 Å². The number of ether oxygens (including phenoxy) is 1. The van der Waals surface area contributed by atoms with Crippen LogP contribution in [0.3, 0.4) is 0 Å². The summed E-state index contributed by atoms with van der Waals surface area (Å²) in [7, 11) is 0. The summed E-state index contributed by atoms with van der Waals surface area (Å²) in [5.74, 6) is -1.11. The van der Waals surface area contributed by atoms with Crippen molar-refractivity contribution < 1.29 is 31.9 Å². The van der Waals surface area contributed by atoms with E-state index in [1.165, 1.54) is 12.1 Å². The molecule has 2 aromatic heterocycles. The maximum absolute atomic E-state index is 14.5. The van der Waals surface area contributed by atoms with Crippen LogP contribution in [0.25, 0.3) is 11.1 Å². The van der Waals surface area contributed by atoms with Gasteiger partial charge in [0, 0.05) is 41.7 Å². The van der Waals surface area contributed by atoms with Gasteiger partial charge in [-0.2, -0.15) is 18.3 Å². The van der Waals surface area contributed by atoms with Gasteiger partial charge in [-0.05, 0) is 86.1 Å². The molecule has 246 valence electrons. The van der Waals surface area contributed by atoms with Crippen molar-refractivity contribution in [1.82, 2.24) is 25.0 Å². The van der Waals surface area contributed by atoms with Gasteiger partial charge in [0.05, 0.1) is 24.9 Å². The van der Waals surface area contributed by atoms with Gasteiger partial charge in [0.1, 0.15) is 12.4 Å². The molecule has 4 aromatic rings. The van der Waals surface area contributed by atoms with Gasteiger partial charge in [-0.3, -0.25) is 19.3 Å². The highest BCUT2D eigenvalue weighted by atomic mass is 19.4. The average Bonchev–Trinajstić information content (AvgIpc) is 3.43. The third kappa shape index (κ3) is 7.38. The van der Waals surface area contributed by atoms with Crippen LogP contribution in [0.15, 0.2) is 60.8 Å². The molecule has 12 heteroatoms. The number of rotatable bonds is 8. The Kier molecular flexibility index (Phi) is 9.40. The first-order chi connectivity index (χ1) is 22.6. The standard InChI is InChI=1S/C35H35F4N5O3/c1-22-16-23(18-26(36)17-22)19-29(41-31(45)21-44-30-10-3-2-8-28(30)33(42-44)35(37,38)39)32-27(9-5-11-40-32)24-6-4-7-25(20-24)34(46)43-12-14-47-15-13-43/h4-7,9,11,16-18,20,29H,2-3,8,10,12-15,19,21H2,1H3,(H,41,45)/t29-/m0/s1. The summed E-state index contributed by atoms with van der Waals surface area (Å²) in [5.41, 5.74) is 3.25. The lowest BCUT2D eigenvalue weighted by Gasteiger charge is -2.27. The smallest absolute Gasteiger partial charge is 0.378 e. The molecule has 1 aliphatic heterocycles. The fourth-order valence-electron chi connectivity index (χ4n) is 6.50.